The van der Waals surface area contributed by atoms with Gasteiger partial charge in [0.2, 0.25) is 0 Å². The molecular formula is C25H27N5O3. The summed E-state index contributed by atoms with van der Waals surface area (Å²) >= 11 is 0. The summed E-state index contributed by atoms with van der Waals surface area (Å²) in [6.07, 6.45) is 6.70. The van der Waals surface area contributed by atoms with Gasteiger partial charge in [0.25, 0.3) is 5.56 Å². The Morgan fingerprint density at radius 3 is 2.70 bits per heavy atom. The van der Waals surface area contributed by atoms with E-state index in [0.717, 1.165) is 22.4 Å². The number of methoxy groups -OCH3 is 1. The Bertz CT molecular complexity index is 1340. The Kier molecular flexibility index (Phi) is 5.70. The van der Waals surface area contributed by atoms with Gasteiger partial charge in [0.1, 0.15) is 5.75 Å². The van der Waals surface area contributed by atoms with E-state index >= 15 is 0 Å². The first-order valence-corrected chi connectivity index (χ1v) is 11.0. The first-order valence-electron chi connectivity index (χ1n) is 11.0. The van der Waals surface area contributed by atoms with Crippen LogP contribution in [0, 0.1) is 0 Å². The number of hydrogen-bond acceptors (Lipinski definition) is 6. The summed E-state index contributed by atoms with van der Waals surface area (Å²) in [5.41, 5.74) is 10.8. The SMILES string of the molecule is COc1cc2ncn([C@H]3CCOC[C@@H]3N)c(=O)c2cc1Cc1ccc(-c2cn(C)cn2)cc1. The number of ether oxygens (including phenoxy) is 2. The van der Waals surface area contributed by atoms with Gasteiger partial charge in [0, 0.05) is 43.9 Å². The summed E-state index contributed by atoms with van der Waals surface area (Å²) in [5, 5.41) is 0.567. The molecule has 8 heteroatoms. The maximum absolute atomic E-state index is 13.4. The minimum absolute atomic E-state index is 0.0863. The lowest BCUT2D eigenvalue weighted by molar-refractivity contribution is 0.0516. The van der Waals surface area contributed by atoms with E-state index in [0.29, 0.717) is 42.7 Å². The van der Waals surface area contributed by atoms with Crippen LogP contribution in [-0.2, 0) is 18.2 Å². The second kappa shape index (κ2) is 8.80. The molecule has 2 N–H and O–H groups in total. The van der Waals surface area contributed by atoms with Crippen molar-refractivity contribution in [1.82, 2.24) is 19.1 Å². The van der Waals surface area contributed by atoms with Crippen molar-refractivity contribution in [3.63, 3.8) is 0 Å². The van der Waals surface area contributed by atoms with Gasteiger partial charge in [-0.25, -0.2) is 9.97 Å². The number of aromatic nitrogens is 4. The number of nitrogens with two attached hydrogens (primary N) is 1. The van der Waals surface area contributed by atoms with Crippen LogP contribution in [0.1, 0.15) is 23.6 Å². The molecule has 1 aliphatic rings. The molecule has 0 bridgehead atoms. The average Bonchev–Trinajstić information content (AvgIpc) is 3.27. The molecule has 0 aliphatic carbocycles. The van der Waals surface area contributed by atoms with Crippen molar-refractivity contribution in [2.45, 2.75) is 24.9 Å². The minimum Gasteiger partial charge on any atom is -0.496 e. The highest BCUT2D eigenvalue weighted by molar-refractivity contribution is 5.80. The molecule has 0 spiro atoms. The van der Waals surface area contributed by atoms with Crippen LogP contribution >= 0.6 is 0 Å². The van der Waals surface area contributed by atoms with Crippen LogP contribution in [0.2, 0.25) is 0 Å². The molecule has 2 aromatic heterocycles. The van der Waals surface area contributed by atoms with E-state index in [1.807, 2.05) is 29.9 Å². The van der Waals surface area contributed by atoms with Crippen molar-refractivity contribution in [1.29, 1.82) is 0 Å². The Labute approximate surface area is 191 Å². The fourth-order valence-electron chi connectivity index (χ4n) is 4.44. The number of benzene rings is 2. The number of nitrogens with zero attached hydrogens (tertiary/aromatic N) is 4. The number of hydrogen-bond donors (Lipinski definition) is 1. The van der Waals surface area contributed by atoms with E-state index in [2.05, 4.69) is 34.2 Å². The maximum Gasteiger partial charge on any atom is 0.261 e. The fraction of sp³-hybridized carbons (Fsp3) is 0.320. The summed E-state index contributed by atoms with van der Waals surface area (Å²) in [6, 6.07) is 11.7. The van der Waals surface area contributed by atoms with Crippen LogP contribution in [0.15, 0.2) is 60.0 Å². The van der Waals surface area contributed by atoms with Gasteiger partial charge < -0.3 is 19.8 Å². The van der Waals surface area contributed by atoms with Gasteiger partial charge >= 0.3 is 0 Å². The molecule has 1 aliphatic heterocycles. The van der Waals surface area contributed by atoms with E-state index in [4.69, 9.17) is 15.2 Å². The largest absolute Gasteiger partial charge is 0.496 e. The minimum atomic E-state index is -0.231. The van der Waals surface area contributed by atoms with Crippen molar-refractivity contribution in [2.24, 2.45) is 12.8 Å². The molecule has 2 aromatic carbocycles. The van der Waals surface area contributed by atoms with E-state index in [1.54, 1.807) is 24.3 Å². The Morgan fingerprint density at radius 2 is 2.00 bits per heavy atom. The predicted octanol–water partition coefficient (Wildman–Crippen LogP) is 2.69. The fourth-order valence-corrected chi connectivity index (χ4v) is 4.44. The summed E-state index contributed by atoms with van der Waals surface area (Å²) in [5.74, 6) is 0.712. The molecule has 33 heavy (non-hydrogen) atoms. The highest BCUT2D eigenvalue weighted by Gasteiger charge is 2.25. The van der Waals surface area contributed by atoms with Gasteiger partial charge in [-0.2, -0.15) is 0 Å². The monoisotopic (exact) mass is 445 g/mol. The molecule has 170 valence electrons. The maximum atomic E-state index is 13.4. The third-order valence-corrected chi connectivity index (χ3v) is 6.25. The topological polar surface area (TPSA) is 97.2 Å². The standard InChI is InChI=1S/C25H27N5O3/c1-29-12-22(27-14-29)17-5-3-16(4-6-17)9-18-10-19-21(11-24(18)32-2)28-15-30(25(19)31)23-7-8-33-13-20(23)26/h3-6,10-12,14-15,20,23H,7-9,13,26H2,1-2H3/t20-,23-/m0/s1. The molecule has 0 radical (unpaired) electrons. The van der Waals surface area contributed by atoms with Crippen molar-refractivity contribution >= 4 is 10.9 Å². The van der Waals surface area contributed by atoms with Crippen molar-refractivity contribution in [3.05, 3.63) is 76.7 Å². The van der Waals surface area contributed by atoms with E-state index < -0.39 is 0 Å². The van der Waals surface area contributed by atoms with E-state index in [-0.39, 0.29) is 17.6 Å². The Balaban J connectivity index is 1.49. The lowest BCUT2D eigenvalue weighted by Crippen LogP contribution is -2.44. The summed E-state index contributed by atoms with van der Waals surface area (Å²) in [4.78, 5) is 22.3. The van der Waals surface area contributed by atoms with Gasteiger partial charge in [-0.3, -0.25) is 9.36 Å². The molecule has 5 rings (SSSR count). The lowest BCUT2D eigenvalue weighted by atomic mass is 10.00. The second-order valence-electron chi connectivity index (χ2n) is 8.53. The predicted molar refractivity (Wildman–Crippen MR) is 126 cm³/mol. The molecule has 2 atom stereocenters. The van der Waals surface area contributed by atoms with Crippen molar-refractivity contribution in [2.75, 3.05) is 20.3 Å². The number of fused-ring (bicyclic) bond motifs is 1. The van der Waals surface area contributed by atoms with Gasteiger partial charge in [0.05, 0.1) is 49.0 Å². The number of rotatable bonds is 5. The van der Waals surface area contributed by atoms with Crippen LogP contribution in [0.5, 0.6) is 5.75 Å². The Morgan fingerprint density at radius 1 is 1.18 bits per heavy atom. The molecule has 4 aromatic rings. The molecule has 1 fully saturated rings. The molecule has 8 nitrogen and oxygen atoms in total. The van der Waals surface area contributed by atoms with Gasteiger partial charge in [0.15, 0.2) is 0 Å². The summed E-state index contributed by atoms with van der Waals surface area (Å²) < 4.78 is 14.6. The van der Waals surface area contributed by atoms with E-state index in [1.165, 1.54) is 0 Å². The van der Waals surface area contributed by atoms with Crippen LogP contribution in [0.25, 0.3) is 22.2 Å². The average molecular weight is 446 g/mol. The summed E-state index contributed by atoms with van der Waals surface area (Å²) in [7, 11) is 3.59. The lowest BCUT2D eigenvalue weighted by Gasteiger charge is -2.30. The van der Waals surface area contributed by atoms with Gasteiger partial charge in [-0.1, -0.05) is 24.3 Å². The van der Waals surface area contributed by atoms with Crippen LogP contribution in [0.3, 0.4) is 0 Å². The van der Waals surface area contributed by atoms with Gasteiger partial charge in [-0.05, 0) is 23.6 Å². The van der Waals surface area contributed by atoms with E-state index in [9.17, 15) is 4.79 Å². The van der Waals surface area contributed by atoms with Crippen molar-refractivity contribution < 1.29 is 9.47 Å². The Hall–Kier alpha value is -3.49. The second-order valence-corrected chi connectivity index (χ2v) is 8.53. The van der Waals surface area contributed by atoms with Crippen LogP contribution in [-0.4, -0.2) is 45.5 Å². The van der Waals surface area contributed by atoms with Crippen LogP contribution < -0.4 is 16.0 Å². The molecule has 0 amide bonds. The third-order valence-electron chi connectivity index (χ3n) is 6.25. The quantitative estimate of drug-likeness (QED) is 0.507. The highest BCUT2D eigenvalue weighted by atomic mass is 16.5. The molecule has 3 heterocycles. The zero-order valence-electron chi connectivity index (χ0n) is 18.8. The zero-order chi connectivity index (χ0) is 22.9. The van der Waals surface area contributed by atoms with Crippen molar-refractivity contribution in [3.8, 4) is 17.0 Å². The summed E-state index contributed by atoms with van der Waals surface area (Å²) in [6.45, 7) is 1.03. The smallest absolute Gasteiger partial charge is 0.261 e. The third kappa shape index (κ3) is 4.15. The first kappa shape index (κ1) is 21.4. The molecule has 0 unspecified atom stereocenters. The molecule has 1 saturated heterocycles. The molecular weight excluding hydrogens is 418 g/mol. The normalized spacial score (nSPS) is 18.5. The molecule has 0 saturated carbocycles. The van der Waals surface area contributed by atoms with Crippen LogP contribution in [0.4, 0.5) is 0 Å². The first-order chi connectivity index (χ1) is 16.0. The highest BCUT2D eigenvalue weighted by Crippen LogP contribution is 2.27. The number of aryl methyl sites for hydroxylation is 1. The zero-order valence-corrected chi connectivity index (χ0v) is 18.8. The van der Waals surface area contributed by atoms with Gasteiger partial charge in [-0.15, -0.1) is 0 Å². The number of imidazole rings is 1.